The standard InChI is InChI=1S/C13H8BrF2NO/c14-9-1-4-12(17-7-9)13(18)6-8-5-10(15)2-3-11(8)16/h1-5,7H,6H2. The van der Waals surface area contributed by atoms with Gasteiger partial charge in [0.15, 0.2) is 5.78 Å². The molecule has 0 spiro atoms. The lowest BCUT2D eigenvalue weighted by molar-refractivity contribution is 0.0987. The van der Waals surface area contributed by atoms with Crippen LogP contribution in [0.2, 0.25) is 0 Å². The van der Waals surface area contributed by atoms with Crippen LogP contribution in [0.15, 0.2) is 41.0 Å². The zero-order valence-corrected chi connectivity index (χ0v) is 10.7. The van der Waals surface area contributed by atoms with Crippen molar-refractivity contribution >= 4 is 21.7 Å². The van der Waals surface area contributed by atoms with Crippen LogP contribution < -0.4 is 0 Å². The number of hydrogen-bond donors (Lipinski definition) is 0. The van der Waals surface area contributed by atoms with Crippen LogP contribution in [0.3, 0.4) is 0 Å². The fourth-order valence-corrected chi connectivity index (χ4v) is 1.72. The van der Waals surface area contributed by atoms with Crippen molar-refractivity contribution < 1.29 is 13.6 Å². The molecule has 0 unspecified atom stereocenters. The molecule has 0 N–H and O–H groups in total. The Bertz CT molecular complexity index is 584. The lowest BCUT2D eigenvalue weighted by Crippen LogP contribution is -2.07. The van der Waals surface area contributed by atoms with Crippen molar-refractivity contribution in [3.8, 4) is 0 Å². The van der Waals surface area contributed by atoms with Gasteiger partial charge in [-0.25, -0.2) is 8.78 Å². The number of carbonyl (C=O) groups excluding carboxylic acids is 1. The summed E-state index contributed by atoms with van der Waals surface area (Å²) in [5.41, 5.74) is 0.256. The average Bonchev–Trinajstić information content (AvgIpc) is 2.34. The normalized spacial score (nSPS) is 10.4. The molecule has 92 valence electrons. The number of aromatic nitrogens is 1. The number of rotatable bonds is 3. The maximum atomic E-state index is 13.4. The highest BCUT2D eigenvalue weighted by atomic mass is 79.9. The molecule has 18 heavy (non-hydrogen) atoms. The van der Waals surface area contributed by atoms with Crippen molar-refractivity contribution in [3.63, 3.8) is 0 Å². The first kappa shape index (κ1) is 12.8. The van der Waals surface area contributed by atoms with Crippen molar-refractivity contribution in [2.45, 2.75) is 6.42 Å². The van der Waals surface area contributed by atoms with Crippen molar-refractivity contribution in [1.29, 1.82) is 0 Å². The Morgan fingerprint density at radius 1 is 1.22 bits per heavy atom. The lowest BCUT2D eigenvalue weighted by atomic mass is 10.1. The van der Waals surface area contributed by atoms with Gasteiger partial charge >= 0.3 is 0 Å². The number of nitrogens with zero attached hydrogens (tertiary/aromatic N) is 1. The zero-order chi connectivity index (χ0) is 13.1. The monoisotopic (exact) mass is 311 g/mol. The molecule has 0 amide bonds. The molecule has 1 heterocycles. The summed E-state index contributed by atoms with van der Waals surface area (Å²) in [5.74, 6) is -1.52. The van der Waals surface area contributed by atoms with Crippen LogP contribution in [0.4, 0.5) is 8.78 Å². The lowest BCUT2D eigenvalue weighted by Gasteiger charge is -2.03. The summed E-state index contributed by atoms with van der Waals surface area (Å²) in [4.78, 5) is 15.7. The molecule has 1 aromatic heterocycles. The first-order valence-electron chi connectivity index (χ1n) is 5.15. The minimum atomic E-state index is -0.595. The van der Waals surface area contributed by atoms with Crippen molar-refractivity contribution in [2.24, 2.45) is 0 Å². The molecule has 0 saturated heterocycles. The van der Waals surface area contributed by atoms with Crippen LogP contribution >= 0.6 is 15.9 Å². The molecular weight excluding hydrogens is 304 g/mol. The van der Waals surface area contributed by atoms with E-state index in [2.05, 4.69) is 20.9 Å². The number of carbonyl (C=O) groups is 1. The Balaban J connectivity index is 2.21. The SMILES string of the molecule is O=C(Cc1cc(F)ccc1F)c1ccc(Br)cn1. The predicted octanol–water partition coefficient (Wildman–Crippen LogP) is 3.55. The van der Waals surface area contributed by atoms with Crippen LogP contribution in [0.1, 0.15) is 16.1 Å². The fourth-order valence-electron chi connectivity index (χ4n) is 1.48. The molecular formula is C13H8BrF2NO. The van der Waals surface area contributed by atoms with E-state index < -0.39 is 11.6 Å². The third-order valence-corrected chi connectivity index (χ3v) is 2.84. The number of hydrogen-bond acceptors (Lipinski definition) is 2. The topological polar surface area (TPSA) is 30.0 Å². The first-order chi connectivity index (χ1) is 8.56. The summed E-state index contributed by atoms with van der Waals surface area (Å²) in [6.07, 6.45) is 1.27. The van der Waals surface area contributed by atoms with Crippen molar-refractivity contribution in [3.05, 3.63) is 63.9 Å². The highest BCUT2D eigenvalue weighted by molar-refractivity contribution is 9.10. The molecule has 0 aliphatic heterocycles. The van der Waals surface area contributed by atoms with Gasteiger partial charge < -0.3 is 0 Å². The summed E-state index contributed by atoms with van der Waals surface area (Å²) in [7, 11) is 0. The molecule has 2 nitrogen and oxygen atoms in total. The third kappa shape index (κ3) is 2.98. The van der Waals surface area contributed by atoms with E-state index in [4.69, 9.17) is 0 Å². The molecule has 0 saturated carbocycles. The summed E-state index contributed by atoms with van der Waals surface area (Å²) >= 11 is 3.20. The minimum Gasteiger partial charge on any atom is -0.292 e. The third-order valence-electron chi connectivity index (χ3n) is 2.37. The highest BCUT2D eigenvalue weighted by Gasteiger charge is 2.12. The summed E-state index contributed by atoms with van der Waals surface area (Å²) in [6.45, 7) is 0. The zero-order valence-electron chi connectivity index (χ0n) is 9.16. The molecule has 2 aromatic rings. The number of benzene rings is 1. The molecule has 0 aliphatic carbocycles. The smallest absolute Gasteiger partial charge is 0.185 e. The highest BCUT2D eigenvalue weighted by Crippen LogP contribution is 2.14. The van der Waals surface area contributed by atoms with Gasteiger partial charge in [0.2, 0.25) is 0 Å². The van der Waals surface area contributed by atoms with Crippen molar-refractivity contribution in [1.82, 2.24) is 4.98 Å². The number of Topliss-reactive ketones (excluding diaryl/α,β-unsaturated/α-hetero) is 1. The van der Waals surface area contributed by atoms with Gasteiger partial charge in [0.25, 0.3) is 0 Å². The molecule has 0 atom stereocenters. The molecule has 0 bridgehead atoms. The van der Waals surface area contributed by atoms with E-state index in [0.29, 0.717) is 0 Å². The molecule has 1 aromatic carbocycles. The van der Waals surface area contributed by atoms with E-state index in [0.717, 1.165) is 22.7 Å². The van der Waals surface area contributed by atoms with Crippen LogP contribution in [-0.2, 0) is 6.42 Å². The number of pyridine rings is 1. The Hall–Kier alpha value is -1.62. The second-order valence-corrected chi connectivity index (χ2v) is 4.61. The first-order valence-corrected chi connectivity index (χ1v) is 5.94. The molecule has 5 heteroatoms. The van der Waals surface area contributed by atoms with Gasteiger partial charge in [-0.2, -0.15) is 0 Å². The van der Waals surface area contributed by atoms with Gasteiger partial charge in [-0.05, 0) is 51.8 Å². The van der Waals surface area contributed by atoms with Crippen LogP contribution in [0, 0.1) is 11.6 Å². The predicted molar refractivity (Wildman–Crippen MR) is 66.3 cm³/mol. The molecule has 0 fully saturated rings. The maximum Gasteiger partial charge on any atom is 0.185 e. The van der Waals surface area contributed by atoms with Gasteiger partial charge in [0.1, 0.15) is 17.3 Å². The van der Waals surface area contributed by atoms with E-state index in [1.807, 2.05) is 0 Å². The summed E-state index contributed by atoms with van der Waals surface area (Å²) in [6, 6.07) is 6.24. The van der Waals surface area contributed by atoms with E-state index in [9.17, 15) is 13.6 Å². The Labute approximate surface area is 111 Å². The van der Waals surface area contributed by atoms with Crippen molar-refractivity contribution in [2.75, 3.05) is 0 Å². The number of halogens is 3. The molecule has 2 rings (SSSR count). The largest absolute Gasteiger partial charge is 0.292 e. The fraction of sp³-hybridized carbons (Fsp3) is 0.0769. The van der Waals surface area contributed by atoms with E-state index in [1.165, 1.54) is 12.3 Å². The molecule has 0 radical (unpaired) electrons. The maximum absolute atomic E-state index is 13.4. The van der Waals surface area contributed by atoms with E-state index in [-0.39, 0.29) is 23.5 Å². The van der Waals surface area contributed by atoms with Gasteiger partial charge in [0, 0.05) is 17.1 Å². The summed E-state index contributed by atoms with van der Waals surface area (Å²) < 4.78 is 27.1. The van der Waals surface area contributed by atoms with Gasteiger partial charge in [-0.3, -0.25) is 9.78 Å². The van der Waals surface area contributed by atoms with Crippen LogP contribution in [0.25, 0.3) is 0 Å². The average molecular weight is 312 g/mol. The van der Waals surface area contributed by atoms with E-state index in [1.54, 1.807) is 6.07 Å². The Morgan fingerprint density at radius 2 is 2.00 bits per heavy atom. The van der Waals surface area contributed by atoms with Gasteiger partial charge in [-0.1, -0.05) is 0 Å². The van der Waals surface area contributed by atoms with Crippen LogP contribution in [-0.4, -0.2) is 10.8 Å². The second kappa shape index (κ2) is 5.35. The number of ketones is 1. The van der Waals surface area contributed by atoms with Gasteiger partial charge in [-0.15, -0.1) is 0 Å². The molecule has 0 aliphatic rings. The minimum absolute atomic E-state index is 0.0321. The Morgan fingerprint density at radius 3 is 2.67 bits per heavy atom. The Kier molecular flexibility index (Phi) is 3.81. The second-order valence-electron chi connectivity index (χ2n) is 3.70. The van der Waals surface area contributed by atoms with E-state index >= 15 is 0 Å². The van der Waals surface area contributed by atoms with Crippen LogP contribution in [0.5, 0.6) is 0 Å². The summed E-state index contributed by atoms with van der Waals surface area (Å²) in [5, 5.41) is 0. The quantitative estimate of drug-likeness (QED) is 0.811. The van der Waals surface area contributed by atoms with Gasteiger partial charge in [0.05, 0.1) is 0 Å².